The fourth-order valence-corrected chi connectivity index (χ4v) is 3.88. The van der Waals surface area contributed by atoms with Gasteiger partial charge in [-0.1, -0.05) is 4.41 Å². The van der Waals surface area contributed by atoms with Gasteiger partial charge in [-0.05, 0) is 30.5 Å². The third-order valence-electron chi connectivity index (χ3n) is 4.29. The van der Waals surface area contributed by atoms with Crippen LogP contribution in [0.3, 0.4) is 0 Å². The Morgan fingerprint density at radius 1 is 1.34 bits per heavy atom. The zero-order valence-corrected chi connectivity index (χ0v) is 15.5. The Hall–Kier alpha value is -2.87. The molecule has 1 unspecified atom stereocenters. The average molecular weight is 437 g/mol. The van der Waals surface area contributed by atoms with Gasteiger partial charge < -0.3 is 14.8 Å². The molecule has 2 aromatic rings. The molecule has 158 valence electrons. The van der Waals surface area contributed by atoms with Gasteiger partial charge in [-0.2, -0.15) is 13.2 Å². The third-order valence-corrected chi connectivity index (χ3v) is 5.24. The molecule has 1 atom stereocenters. The molecule has 3 rings (SSSR count). The molecule has 10 nitrogen and oxygen atoms in total. The second-order valence-corrected chi connectivity index (χ2v) is 8.13. The molecule has 14 heteroatoms. The van der Waals surface area contributed by atoms with Gasteiger partial charge in [0.15, 0.2) is 0 Å². The van der Waals surface area contributed by atoms with Crippen molar-refractivity contribution in [2.45, 2.75) is 25.1 Å². The smallest absolute Gasteiger partial charge is 0.441 e. The summed E-state index contributed by atoms with van der Waals surface area (Å²) in [6.45, 7) is 0.219. The number of carboxylic acid groups (broad SMARTS) is 1. The van der Waals surface area contributed by atoms with Crippen LogP contribution >= 0.6 is 0 Å². The molecule has 1 amide bonds. The second kappa shape index (κ2) is 6.88. The first-order valence-corrected chi connectivity index (χ1v) is 9.92. The van der Waals surface area contributed by atoms with Crippen LogP contribution in [0.2, 0.25) is 0 Å². The van der Waals surface area contributed by atoms with Gasteiger partial charge in [-0.25, -0.2) is 18.0 Å². The monoisotopic (exact) mass is 437 g/mol. The zero-order chi connectivity index (χ0) is 21.7. The molecule has 1 fully saturated rings. The van der Waals surface area contributed by atoms with Gasteiger partial charge in [0.2, 0.25) is 0 Å². The number of rotatable bonds is 3. The van der Waals surface area contributed by atoms with Gasteiger partial charge in [-0.15, -0.1) is 4.68 Å². The van der Waals surface area contributed by atoms with E-state index in [1.165, 1.54) is 0 Å². The maximum atomic E-state index is 13.5. The van der Waals surface area contributed by atoms with E-state index in [0.717, 1.165) is 6.07 Å². The number of halogens is 3. The molecule has 2 N–H and O–H groups in total. The maximum absolute atomic E-state index is 13.5. The van der Waals surface area contributed by atoms with E-state index in [-0.39, 0.29) is 23.3 Å². The van der Waals surface area contributed by atoms with Crippen LogP contribution in [0.15, 0.2) is 21.7 Å². The van der Waals surface area contributed by atoms with E-state index in [1.54, 1.807) is 0 Å². The number of alkyl halides is 3. The largest absolute Gasteiger partial charge is 0.463 e. The van der Waals surface area contributed by atoms with E-state index in [9.17, 15) is 36.0 Å². The standard InChI is InChI=1S/C15H14F3N3O7S/c1-29(26,27)21(14(24)25)20-12(22)8-5-7(11-3-2-4-28-11)9(15(16,17)18)6-10(8)19-13(20)23/h5-6,11H,2-4H2,1H3,(H,19,23)(H,24,25). The molecule has 1 aromatic carbocycles. The Balaban J connectivity index is 2.39. The lowest BCUT2D eigenvalue weighted by molar-refractivity contribution is -0.139. The predicted octanol–water partition coefficient (Wildman–Crippen LogP) is 1.14. The number of sulfonamides is 1. The molecule has 29 heavy (non-hydrogen) atoms. The highest BCUT2D eigenvalue weighted by Gasteiger charge is 2.38. The summed E-state index contributed by atoms with van der Waals surface area (Å²) in [5, 5.41) is 8.62. The van der Waals surface area contributed by atoms with Gasteiger partial charge in [-0.3, -0.25) is 4.79 Å². The second-order valence-electron chi connectivity index (χ2n) is 6.32. The number of benzene rings is 1. The highest BCUT2D eigenvalue weighted by atomic mass is 32.2. The average Bonchev–Trinajstić information content (AvgIpc) is 3.09. The van der Waals surface area contributed by atoms with E-state index in [1.807, 2.05) is 4.98 Å². The number of hydrogen-bond donors (Lipinski definition) is 2. The summed E-state index contributed by atoms with van der Waals surface area (Å²) in [5.74, 6) is 0. The molecule has 0 spiro atoms. The first-order valence-electron chi connectivity index (χ1n) is 8.07. The van der Waals surface area contributed by atoms with Crippen molar-refractivity contribution in [1.29, 1.82) is 0 Å². The Morgan fingerprint density at radius 2 is 2.00 bits per heavy atom. The van der Waals surface area contributed by atoms with Crippen LogP contribution in [-0.4, -0.2) is 42.1 Å². The number of H-pyrrole nitrogens is 1. The number of aromatic amines is 1. The van der Waals surface area contributed by atoms with Gasteiger partial charge >= 0.3 is 18.0 Å². The quantitative estimate of drug-likeness (QED) is 0.734. The SMILES string of the molecule is CS(=O)(=O)N(C(=O)O)n1c(=O)[nH]c2cc(C(F)(F)F)c(C3CCCO3)cc2c1=O. The number of ether oxygens (including phenoxy) is 1. The lowest BCUT2D eigenvalue weighted by Gasteiger charge is -2.20. The molecule has 1 saturated heterocycles. The summed E-state index contributed by atoms with van der Waals surface area (Å²) >= 11 is 0. The van der Waals surface area contributed by atoms with E-state index in [4.69, 9.17) is 9.84 Å². The minimum absolute atomic E-state index is 0.202. The summed E-state index contributed by atoms with van der Waals surface area (Å²) in [6.07, 6.45) is -6.72. The molecule has 1 aromatic heterocycles. The van der Waals surface area contributed by atoms with Crippen molar-refractivity contribution in [1.82, 2.24) is 9.66 Å². The summed E-state index contributed by atoms with van der Waals surface area (Å²) < 4.78 is 68.6. The molecule has 0 radical (unpaired) electrons. The van der Waals surface area contributed by atoms with Crippen LogP contribution in [-0.2, 0) is 20.9 Å². The highest BCUT2D eigenvalue weighted by Crippen LogP contribution is 2.40. The Labute approximate surface area is 160 Å². The number of carbonyl (C=O) groups is 1. The number of hydrogen-bond acceptors (Lipinski definition) is 6. The predicted molar refractivity (Wildman–Crippen MR) is 92.8 cm³/mol. The lowest BCUT2D eigenvalue weighted by atomic mass is 9.97. The van der Waals surface area contributed by atoms with Crippen LogP contribution in [0, 0.1) is 0 Å². The van der Waals surface area contributed by atoms with E-state index in [2.05, 4.69) is 0 Å². The topological polar surface area (TPSA) is 139 Å². The molecule has 0 aliphatic carbocycles. The van der Waals surface area contributed by atoms with Gasteiger partial charge in [0.25, 0.3) is 15.6 Å². The van der Waals surface area contributed by atoms with Gasteiger partial charge in [0.05, 0.1) is 28.8 Å². The number of nitrogens with zero attached hydrogens (tertiary/aromatic N) is 2. The molecular formula is C15H14F3N3O7S. The van der Waals surface area contributed by atoms with Crippen LogP contribution in [0.4, 0.5) is 18.0 Å². The molecule has 0 bridgehead atoms. The Morgan fingerprint density at radius 3 is 2.48 bits per heavy atom. The minimum atomic E-state index is -4.82. The van der Waals surface area contributed by atoms with Gasteiger partial charge in [0.1, 0.15) is 0 Å². The zero-order valence-electron chi connectivity index (χ0n) is 14.7. The van der Waals surface area contributed by atoms with Crippen LogP contribution in [0.1, 0.15) is 30.1 Å². The summed E-state index contributed by atoms with van der Waals surface area (Å²) in [7, 11) is -4.62. The first kappa shape index (κ1) is 20.9. The van der Waals surface area contributed by atoms with E-state index >= 15 is 0 Å². The van der Waals surface area contributed by atoms with Crippen LogP contribution in [0.25, 0.3) is 10.9 Å². The maximum Gasteiger partial charge on any atom is 0.441 e. The summed E-state index contributed by atoms with van der Waals surface area (Å²) in [4.78, 5) is 38.2. The lowest BCUT2D eigenvalue weighted by Crippen LogP contribution is -2.55. The van der Waals surface area contributed by atoms with Crippen molar-refractivity contribution < 1.29 is 36.2 Å². The van der Waals surface area contributed by atoms with Crippen molar-refractivity contribution in [3.05, 3.63) is 44.1 Å². The molecule has 1 aliphatic rings. The number of nitrogens with one attached hydrogen (secondary N) is 1. The number of amides is 1. The Kier molecular flexibility index (Phi) is 4.94. The fourth-order valence-electron chi connectivity index (χ4n) is 3.15. The Bertz CT molecular complexity index is 1210. The van der Waals surface area contributed by atoms with Crippen molar-refractivity contribution in [3.8, 4) is 0 Å². The van der Waals surface area contributed by atoms with Crippen LogP contribution < -0.4 is 15.7 Å². The van der Waals surface area contributed by atoms with Crippen LogP contribution in [0.5, 0.6) is 0 Å². The molecule has 2 heterocycles. The minimum Gasteiger partial charge on any atom is -0.463 e. The number of aromatic nitrogens is 2. The summed E-state index contributed by atoms with van der Waals surface area (Å²) in [5.41, 5.74) is -4.95. The highest BCUT2D eigenvalue weighted by molar-refractivity contribution is 7.92. The molecule has 1 aliphatic heterocycles. The summed E-state index contributed by atoms with van der Waals surface area (Å²) in [6, 6.07) is 1.39. The van der Waals surface area contributed by atoms with E-state index in [0.29, 0.717) is 18.7 Å². The number of fused-ring (bicyclic) bond motifs is 1. The van der Waals surface area contributed by atoms with Gasteiger partial charge in [0, 0.05) is 6.61 Å². The molecular weight excluding hydrogens is 423 g/mol. The first-order chi connectivity index (χ1) is 13.3. The normalized spacial score (nSPS) is 17.6. The van der Waals surface area contributed by atoms with E-state index < -0.39 is 60.5 Å². The van der Waals surface area contributed by atoms with Crippen molar-refractivity contribution >= 4 is 27.0 Å². The van der Waals surface area contributed by atoms with Crippen molar-refractivity contribution in [2.24, 2.45) is 0 Å². The van der Waals surface area contributed by atoms with Crippen molar-refractivity contribution in [3.63, 3.8) is 0 Å². The van der Waals surface area contributed by atoms with Crippen molar-refractivity contribution in [2.75, 3.05) is 17.3 Å². The molecule has 0 saturated carbocycles. The third kappa shape index (κ3) is 3.72. The fraction of sp³-hybridized carbons (Fsp3) is 0.400.